The summed E-state index contributed by atoms with van der Waals surface area (Å²) in [4.78, 5) is 73.2. The third-order valence-electron chi connectivity index (χ3n) is 5.38. The van der Waals surface area contributed by atoms with E-state index in [0.717, 1.165) is 4.74 Å². The van der Waals surface area contributed by atoms with E-state index in [9.17, 15) is 39.0 Å². The Morgan fingerprint density at radius 3 is 2.26 bits per heavy atom. The molecule has 0 aliphatic heterocycles. The number of amides is 2. The van der Waals surface area contributed by atoms with Gasteiger partial charge in [-0.1, -0.05) is 54.6 Å². The van der Waals surface area contributed by atoms with Gasteiger partial charge >= 0.3 is 23.4 Å². The minimum atomic E-state index is -1.71. The predicted octanol–water partition coefficient (Wildman–Crippen LogP) is -1.15. The smallest absolute Gasteiger partial charge is 0.443 e. The van der Waals surface area contributed by atoms with E-state index in [1.54, 1.807) is 42.5 Å². The average molecular weight is 540 g/mol. The molecule has 2 atom stereocenters. The molecule has 39 heavy (non-hydrogen) atoms. The van der Waals surface area contributed by atoms with Crippen molar-refractivity contribution in [3.05, 3.63) is 92.3 Å². The van der Waals surface area contributed by atoms with Crippen LogP contribution in [0.3, 0.4) is 0 Å². The van der Waals surface area contributed by atoms with E-state index >= 15 is 0 Å². The molecule has 0 saturated heterocycles. The molecule has 3 aromatic rings. The Bertz CT molecular complexity index is 1490. The van der Waals surface area contributed by atoms with Crippen molar-refractivity contribution in [1.29, 1.82) is 0 Å². The first-order valence-electron chi connectivity index (χ1n) is 11.3. The van der Waals surface area contributed by atoms with Gasteiger partial charge in [-0.15, -0.1) is 4.74 Å². The van der Waals surface area contributed by atoms with Crippen LogP contribution in [0.4, 0.5) is 0 Å². The summed E-state index contributed by atoms with van der Waals surface area (Å²) in [7, 11) is 0. The van der Waals surface area contributed by atoms with Crippen molar-refractivity contribution in [3.8, 4) is 0 Å². The summed E-state index contributed by atoms with van der Waals surface area (Å²) in [6, 6.07) is 11.0. The van der Waals surface area contributed by atoms with Crippen LogP contribution in [-0.4, -0.2) is 55.5 Å². The summed E-state index contributed by atoms with van der Waals surface area (Å²) in [5.74, 6) is -1.09. The maximum atomic E-state index is 12.7. The summed E-state index contributed by atoms with van der Waals surface area (Å²) >= 11 is 0. The molecular weight excluding hydrogens is 516 g/mol. The Morgan fingerprint density at radius 2 is 1.67 bits per heavy atom. The molecule has 0 saturated carbocycles. The second kappa shape index (κ2) is 12.7. The molecule has 3 rings (SSSR count). The molecule has 2 aromatic carbocycles. The van der Waals surface area contributed by atoms with Gasteiger partial charge in [-0.2, -0.15) is 5.10 Å². The second-order valence-corrected chi connectivity index (χ2v) is 8.19. The van der Waals surface area contributed by atoms with Gasteiger partial charge in [0.15, 0.2) is 6.04 Å². The van der Waals surface area contributed by atoms with E-state index in [1.165, 1.54) is 18.3 Å². The van der Waals surface area contributed by atoms with E-state index in [-0.39, 0.29) is 12.1 Å². The predicted molar refractivity (Wildman–Crippen MR) is 134 cm³/mol. The molecule has 1 heterocycles. The fraction of sp³-hybridized carbons (Fsp3) is 0.208. The van der Waals surface area contributed by atoms with Crippen LogP contribution >= 0.6 is 0 Å². The Kier molecular flexibility index (Phi) is 9.13. The van der Waals surface area contributed by atoms with Gasteiger partial charge in [0.1, 0.15) is 12.6 Å². The van der Waals surface area contributed by atoms with Crippen LogP contribution in [0.15, 0.2) is 73.8 Å². The number of carbonyl (C=O) groups is 4. The number of benzene rings is 2. The van der Waals surface area contributed by atoms with Crippen LogP contribution in [0.25, 0.3) is 0 Å². The zero-order chi connectivity index (χ0) is 28.5. The van der Waals surface area contributed by atoms with Crippen molar-refractivity contribution in [1.82, 2.24) is 19.9 Å². The molecule has 0 spiro atoms. The lowest BCUT2D eigenvalue weighted by Crippen LogP contribution is -2.51. The molecule has 0 radical (unpaired) electrons. The Labute approximate surface area is 219 Å². The summed E-state index contributed by atoms with van der Waals surface area (Å²) in [5.41, 5.74) is 0.535. The first-order chi connectivity index (χ1) is 18.6. The maximum Gasteiger partial charge on any atom is 0.443 e. The van der Waals surface area contributed by atoms with Crippen LogP contribution < -0.4 is 27.9 Å². The minimum absolute atomic E-state index is 0.136. The van der Waals surface area contributed by atoms with E-state index in [0.29, 0.717) is 15.7 Å². The Balaban J connectivity index is 1.73. The lowest BCUT2D eigenvalue weighted by atomic mass is 10.1. The quantitative estimate of drug-likeness (QED) is 0.105. The number of carboxylic acid groups (broad SMARTS) is 2. The normalized spacial score (nSPS) is 12.5. The molecule has 6 N–H and O–H groups in total. The van der Waals surface area contributed by atoms with E-state index < -0.39 is 60.2 Å². The number of aromatic nitrogens is 2. The van der Waals surface area contributed by atoms with Crippen LogP contribution in [0.1, 0.15) is 29.2 Å². The minimum Gasteiger partial charge on any atom is -0.481 e. The van der Waals surface area contributed by atoms with E-state index in [2.05, 4.69) is 15.7 Å². The zero-order valence-corrected chi connectivity index (χ0v) is 20.2. The number of hydrazone groups is 1. The van der Waals surface area contributed by atoms with Gasteiger partial charge in [-0.25, -0.2) is 19.0 Å². The van der Waals surface area contributed by atoms with E-state index in [4.69, 9.17) is 10.4 Å². The SMILES string of the molecule is NN=Cc1ccc(Cn2oc(=O)n(CC(=O)N[C@@H](CC(=O)O)C(=O)N[C@H](C(=O)O)c3ccccc3)c2=O)cc1. The van der Waals surface area contributed by atoms with Crippen LogP contribution in [-0.2, 0) is 32.3 Å². The van der Waals surface area contributed by atoms with Crippen LogP contribution in [0.2, 0.25) is 0 Å². The molecule has 1 aromatic heterocycles. The van der Waals surface area contributed by atoms with Crippen molar-refractivity contribution < 1.29 is 33.9 Å². The fourth-order valence-corrected chi connectivity index (χ4v) is 3.53. The molecule has 0 unspecified atom stereocenters. The standard InChI is InChI=1S/C24H24N6O9/c25-26-11-14-6-8-15(9-7-14)12-30-23(37)29(24(38)39-30)13-18(31)27-17(10-19(32)33)21(34)28-20(22(35)36)16-4-2-1-3-5-16/h1-9,11,17,20H,10,12-13,25H2,(H,27,31)(H,28,34)(H,32,33)(H,35,36)/t17-,20-/m0/s1. The van der Waals surface area contributed by atoms with Crippen molar-refractivity contribution in [2.75, 3.05) is 0 Å². The molecule has 2 amide bonds. The van der Waals surface area contributed by atoms with Crippen LogP contribution in [0, 0.1) is 0 Å². The molecular formula is C24H24N6O9. The monoisotopic (exact) mass is 540 g/mol. The highest BCUT2D eigenvalue weighted by Gasteiger charge is 2.29. The van der Waals surface area contributed by atoms with Crippen molar-refractivity contribution in [2.24, 2.45) is 10.9 Å². The number of carbonyl (C=O) groups excluding carboxylic acids is 2. The Hall–Kier alpha value is -5.47. The third kappa shape index (κ3) is 7.51. The molecule has 0 bridgehead atoms. The van der Waals surface area contributed by atoms with Gasteiger partial charge in [-0.05, 0) is 16.7 Å². The molecule has 15 nitrogen and oxygen atoms in total. The summed E-state index contributed by atoms with van der Waals surface area (Å²) in [6.07, 6.45) is 0.515. The molecule has 0 aliphatic carbocycles. The van der Waals surface area contributed by atoms with Gasteiger partial charge in [0.2, 0.25) is 11.8 Å². The highest BCUT2D eigenvalue weighted by Crippen LogP contribution is 2.13. The Morgan fingerprint density at radius 1 is 1.00 bits per heavy atom. The average Bonchev–Trinajstić information content (AvgIpc) is 3.15. The first-order valence-corrected chi connectivity index (χ1v) is 11.3. The molecule has 0 fully saturated rings. The lowest BCUT2D eigenvalue weighted by Gasteiger charge is -2.20. The van der Waals surface area contributed by atoms with Gasteiger partial charge in [0.25, 0.3) is 0 Å². The molecule has 204 valence electrons. The number of nitrogens with one attached hydrogen (secondary N) is 2. The van der Waals surface area contributed by atoms with Crippen LogP contribution in [0.5, 0.6) is 0 Å². The van der Waals surface area contributed by atoms with Gasteiger partial charge in [0.05, 0.1) is 19.2 Å². The highest BCUT2D eigenvalue weighted by molar-refractivity contribution is 5.93. The van der Waals surface area contributed by atoms with E-state index in [1.807, 2.05) is 0 Å². The lowest BCUT2D eigenvalue weighted by molar-refractivity contribution is -0.143. The maximum absolute atomic E-state index is 12.7. The number of carboxylic acids is 2. The summed E-state index contributed by atoms with van der Waals surface area (Å²) in [6.45, 7) is -1.02. The highest BCUT2D eigenvalue weighted by atomic mass is 16.5. The largest absolute Gasteiger partial charge is 0.481 e. The number of hydrogen-bond donors (Lipinski definition) is 5. The fourth-order valence-electron chi connectivity index (χ4n) is 3.53. The summed E-state index contributed by atoms with van der Waals surface area (Å²) < 4.78 is 6.10. The van der Waals surface area contributed by atoms with Gasteiger partial charge < -0.3 is 31.2 Å². The number of nitrogens with two attached hydrogens (primary N) is 1. The number of nitrogens with zero attached hydrogens (tertiary/aromatic N) is 3. The van der Waals surface area contributed by atoms with Crippen molar-refractivity contribution >= 4 is 30.0 Å². The summed E-state index contributed by atoms with van der Waals surface area (Å²) in [5, 5.41) is 26.4. The van der Waals surface area contributed by atoms with Crippen molar-refractivity contribution in [3.63, 3.8) is 0 Å². The molecule has 15 heteroatoms. The number of aliphatic carboxylic acids is 2. The number of hydrogen-bond acceptors (Lipinski definition) is 9. The first kappa shape index (κ1) is 28.1. The third-order valence-corrected chi connectivity index (χ3v) is 5.38. The molecule has 0 aliphatic rings. The van der Waals surface area contributed by atoms with Gasteiger partial charge in [-0.3, -0.25) is 14.4 Å². The topological polar surface area (TPSA) is 228 Å². The zero-order valence-electron chi connectivity index (χ0n) is 20.2. The van der Waals surface area contributed by atoms with Crippen molar-refractivity contribution in [2.45, 2.75) is 31.6 Å². The number of rotatable bonds is 12. The van der Waals surface area contributed by atoms with Gasteiger partial charge in [0, 0.05) is 0 Å². The second-order valence-electron chi connectivity index (χ2n) is 8.19.